The summed E-state index contributed by atoms with van der Waals surface area (Å²) in [6.07, 6.45) is 0.858. The topological polar surface area (TPSA) is 59.9 Å². The molecule has 0 saturated carbocycles. The normalized spacial score (nSPS) is 10.5. The van der Waals surface area contributed by atoms with Gasteiger partial charge in [-0.25, -0.2) is 4.39 Å². The Bertz CT molecular complexity index is 619. The zero-order chi connectivity index (χ0) is 15.2. The number of ether oxygens (including phenoxy) is 1. The van der Waals surface area contributed by atoms with Crippen LogP contribution in [0, 0.1) is 12.7 Å². The predicted molar refractivity (Wildman–Crippen MR) is 79.9 cm³/mol. The summed E-state index contributed by atoms with van der Waals surface area (Å²) in [5.74, 6) is 0.537. The predicted octanol–water partition coefficient (Wildman–Crippen LogP) is 3.21. The Labute approximate surface area is 123 Å². The van der Waals surface area contributed by atoms with Gasteiger partial charge in [-0.05, 0) is 31.9 Å². The van der Waals surface area contributed by atoms with Crippen LogP contribution in [0.4, 0.5) is 10.3 Å². The van der Waals surface area contributed by atoms with Crippen LogP contribution in [0.3, 0.4) is 0 Å². The Hall–Kier alpha value is -2.24. The van der Waals surface area contributed by atoms with Crippen LogP contribution < -0.4 is 10.1 Å². The second-order valence-electron chi connectivity index (χ2n) is 4.61. The maximum absolute atomic E-state index is 13.7. The molecule has 0 atom stereocenters. The van der Waals surface area contributed by atoms with Gasteiger partial charge in [0.25, 0.3) is 0 Å². The minimum atomic E-state index is -0.283. The molecule has 112 valence electrons. The summed E-state index contributed by atoms with van der Waals surface area (Å²) >= 11 is 0. The van der Waals surface area contributed by atoms with Crippen molar-refractivity contribution in [3.8, 4) is 17.4 Å². The Balaban J connectivity index is 2.40. The molecule has 2 aromatic rings. The average Bonchev–Trinajstić information content (AvgIpc) is 2.48. The van der Waals surface area contributed by atoms with Crippen LogP contribution in [-0.4, -0.2) is 28.1 Å². The van der Waals surface area contributed by atoms with Gasteiger partial charge in [-0.2, -0.15) is 15.0 Å². The zero-order valence-electron chi connectivity index (χ0n) is 12.5. The molecule has 5 nitrogen and oxygen atoms in total. The fourth-order valence-corrected chi connectivity index (χ4v) is 1.71. The number of nitrogens with one attached hydrogen (secondary N) is 1. The number of aryl methyl sites for hydroxylation is 1. The van der Waals surface area contributed by atoms with E-state index in [0.717, 1.165) is 6.42 Å². The average molecular weight is 290 g/mol. The van der Waals surface area contributed by atoms with Crippen LogP contribution in [0.5, 0.6) is 6.01 Å². The summed E-state index contributed by atoms with van der Waals surface area (Å²) in [5.41, 5.74) is 1.18. The molecule has 0 aliphatic rings. The number of hydrogen-bond acceptors (Lipinski definition) is 5. The quantitative estimate of drug-likeness (QED) is 0.885. The van der Waals surface area contributed by atoms with E-state index in [-0.39, 0.29) is 11.8 Å². The summed E-state index contributed by atoms with van der Waals surface area (Å²) in [7, 11) is 0. The highest BCUT2D eigenvalue weighted by molar-refractivity contribution is 5.57. The van der Waals surface area contributed by atoms with E-state index in [1.54, 1.807) is 19.1 Å². The Morgan fingerprint density at radius 3 is 2.67 bits per heavy atom. The molecule has 0 saturated heterocycles. The van der Waals surface area contributed by atoms with Gasteiger partial charge in [-0.15, -0.1) is 0 Å². The van der Waals surface area contributed by atoms with Gasteiger partial charge in [0.05, 0.1) is 6.61 Å². The maximum Gasteiger partial charge on any atom is 0.321 e. The van der Waals surface area contributed by atoms with Crippen molar-refractivity contribution in [2.24, 2.45) is 0 Å². The van der Waals surface area contributed by atoms with Crippen LogP contribution >= 0.6 is 0 Å². The van der Waals surface area contributed by atoms with E-state index in [1.165, 1.54) is 6.07 Å². The van der Waals surface area contributed by atoms with Crippen molar-refractivity contribution in [2.45, 2.75) is 27.2 Å². The van der Waals surface area contributed by atoms with Crippen molar-refractivity contribution < 1.29 is 9.13 Å². The summed E-state index contributed by atoms with van der Waals surface area (Å²) in [6, 6.07) is 5.16. The van der Waals surface area contributed by atoms with Crippen LogP contribution in [0.1, 0.15) is 25.8 Å². The summed E-state index contributed by atoms with van der Waals surface area (Å²) in [4.78, 5) is 12.7. The number of hydrogen-bond donors (Lipinski definition) is 1. The van der Waals surface area contributed by atoms with E-state index in [2.05, 4.69) is 20.3 Å². The van der Waals surface area contributed by atoms with Gasteiger partial charge < -0.3 is 10.1 Å². The Kier molecular flexibility index (Phi) is 5.03. The standard InChI is InChI=1S/C15H19FN4O/c1-4-8-21-15-19-13(18-14(20-15)17-5-2)11-7-6-10(3)12(16)9-11/h6-7,9H,4-5,8H2,1-3H3,(H,17,18,19,20). The highest BCUT2D eigenvalue weighted by Gasteiger charge is 2.10. The van der Waals surface area contributed by atoms with E-state index in [1.807, 2.05) is 13.8 Å². The Morgan fingerprint density at radius 2 is 2.00 bits per heavy atom. The van der Waals surface area contributed by atoms with Gasteiger partial charge in [0.15, 0.2) is 5.82 Å². The summed E-state index contributed by atoms with van der Waals surface area (Å²) in [6.45, 7) is 6.87. The molecule has 0 fully saturated rings. The molecule has 0 unspecified atom stereocenters. The van der Waals surface area contributed by atoms with Crippen LogP contribution in [0.15, 0.2) is 18.2 Å². The lowest BCUT2D eigenvalue weighted by atomic mass is 10.1. The third-order valence-corrected chi connectivity index (χ3v) is 2.82. The first kappa shape index (κ1) is 15.2. The van der Waals surface area contributed by atoms with Gasteiger partial charge in [0, 0.05) is 12.1 Å². The number of halogens is 1. The fraction of sp³-hybridized carbons (Fsp3) is 0.400. The number of anilines is 1. The largest absolute Gasteiger partial charge is 0.463 e. The summed E-state index contributed by atoms with van der Waals surface area (Å²) < 4.78 is 19.2. The van der Waals surface area contributed by atoms with E-state index >= 15 is 0 Å². The molecule has 1 aromatic heterocycles. The molecule has 0 spiro atoms. The van der Waals surface area contributed by atoms with E-state index in [9.17, 15) is 4.39 Å². The van der Waals surface area contributed by atoms with Gasteiger partial charge in [-0.1, -0.05) is 19.1 Å². The molecule has 2 rings (SSSR count). The third kappa shape index (κ3) is 3.87. The van der Waals surface area contributed by atoms with Crippen molar-refractivity contribution in [2.75, 3.05) is 18.5 Å². The van der Waals surface area contributed by atoms with Crippen molar-refractivity contribution in [1.82, 2.24) is 15.0 Å². The molecule has 0 amide bonds. The fourth-order valence-electron chi connectivity index (χ4n) is 1.71. The molecule has 1 aromatic carbocycles. The lowest BCUT2D eigenvalue weighted by Gasteiger charge is -2.09. The molecule has 1 heterocycles. The minimum absolute atomic E-state index is 0.249. The lowest BCUT2D eigenvalue weighted by Crippen LogP contribution is -2.08. The lowest BCUT2D eigenvalue weighted by molar-refractivity contribution is 0.292. The van der Waals surface area contributed by atoms with Crippen molar-refractivity contribution in [3.63, 3.8) is 0 Å². The second-order valence-corrected chi connectivity index (χ2v) is 4.61. The zero-order valence-corrected chi connectivity index (χ0v) is 12.5. The van der Waals surface area contributed by atoms with E-state index in [4.69, 9.17) is 4.74 Å². The maximum atomic E-state index is 13.7. The number of rotatable bonds is 6. The van der Waals surface area contributed by atoms with Gasteiger partial charge in [-0.3, -0.25) is 0 Å². The smallest absolute Gasteiger partial charge is 0.321 e. The highest BCUT2D eigenvalue weighted by Crippen LogP contribution is 2.21. The molecule has 0 bridgehead atoms. The van der Waals surface area contributed by atoms with Crippen LogP contribution in [-0.2, 0) is 0 Å². The first-order chi connectivity index (χ1) is 10.1. The minimum Gasteiger partial charge on any atom is -0.463 e. The number of benzene rings is 1. The molecular weight excluding hydrogens is 271 g/mol. The third-order valence-electron chi connectivity index (χ3n) is 2.82. The van der Waals surface area contributed by atoms with Crippen LogP contribution in [0.2, 0.25) is 0 Å². The highest BCUT2D eigenvalue weighted by atomic mass is 19.1. The van der Waals surface area contributed by atoms with Gasteiger partial charge >= 0.3 is 6.01 Å². The number of nitrogens with zero attached hydrogens (tertiary/aromatic N) is 3. The molecule has 0 radical (unpaired) electrons. The van der Waals surface area contributed by atoms with E-state index in [0.29, 0.717) is 36.1 Å². The molecule has 0 aliphatic heterocycles. The van der Waals surface area contributed by atoms with Gasteiger partial charge in [0.2, 0.25) is 5.95 Å². The Morgan fingerprint density at radius 1 is 1.19 bits per heavy atom. The first-order valence-corrected chi connectivity index (χ1v) is 7.03. The molecule has 6 heteroatoms. The molecule has 1 N–H and O–H groups in total. The van der Waals surface area contributed by atoms with Gasteiger partial charge in [0.1, 0.15) is 5.82 Å². The van der Waals surface area contributed by atoms with Crippen molar-refractivity contribution in [3.05, 3.63) is 29.6 Å². The van der Waals surface area contributed by atoms with Crippen molar-refractivity contribution in [1.29, 1.82) is 0 Å². The van der Waals surface area contributed by atoms with Crippen molar-refractivity contribution >= 4 is 5.95 Å². The molecule has 21 heavy (non-hydrogen) atoms. The molecule has 0 aliphatic carbocycles. The first-order valence-electron chi connectivity index (χ1n) is 7.03. The number of aromatic nitrogens is 3. The second kappa shape index (κ2) is 6.97. The van der Waals surface area contributed by atoms with E-state index < -0.39 is 0 Å². The molecular formula is C15H19FN4O. The SMILES string of the molecule is CCCOc1nc(NCC)nc(-c2ccc(C)c(F)c2)n1. The monoisotopic (exact) mass is 290 g/mol. The summed E-state index contributed by atoms with van der Waals surface area (Å²) in [5, 5.41) is 3.02. The van der Waals surface area contributed by atoms with Crippen LogP contribution in [0.25, 0.3) is 11.4 Å².